The predicted molar refractivity (Wildman–Crippen MR) is 91.0 cm³/mol. The topological polar surface area (TPSA) is 99.8 Å². The number of hydrogen-bond donors (Lipinski definition) is 1. The molecular weight excluding hydrogens is 324 g/mol. The Morgan fingerprint density at radius 2 is 1.84 bits per heavy atom. The highest BCUT2D eigenvalue weighted by atomic mass is 16.5. The lowest BCUT2D eigenvalue weighted by molar-refractivity contribution is 0.0731. The highest BCUT2D eigenvalue weighted by Crippen LogP contribution is 2.38. The van der Waals surface area contributed by atoms with Crippen LogP contribution in [0, 0.1) is 0 Å². The van der Waals surface area contributed by atoms with Crippen LogP contribution in [-0.2, 0) is 13.0 Å². The second-order valence-corrected chi connectivity index (χ2v) is 5.59. The molecule has 0 aliphatic carbocycles. The number of rotatable bonds is 4. The van der Waals surface area contributed by atoms with Gasteiger partial charge in [0.15, 0.2) is 11.5 Å². The van der Waals surface area contributed by atoms with E-state index >= 15 is 0 Å². The number of benzene rings is 1. The zero-order valence-corrected chi connectivity index (χ0v) is 14.4. The van der Waals surface area contributed by atoms with Gasteiger partial charge in [-0.05, 0) is 24.1 Å². The van der Waals surface area contributed by atoms with Crippen molar-refractivity contribution in [3.05, 3.63) is 35.2 Å². The normalized spacial score (nSPS) is 13.2. The fourth-order valence-corrected chi connectivity index (χ4v) is 2.88. The Morgan fingerprint density at radius 3 is 2.44 bits per heavy atom. The number of ether oxygens (including phenoxy) is 3. The van der Waals surface area contributed by atoms with Crippen molar-refractivity contribution < 1.29 is 19.0 Å². The summed E-state index contributed by atoms with van der Waals surface area (Å²) < 4.78 is 15.9. The van der Waals surface area contributed by atoms with Gasteiger partial charge in [-0.3, -0.25) is 4.79 Å². The molecule has 8 heteroatoms. The molecule has 0 bridgehead atoms. The van der Waals surface area contributed by atoms with Crippen LogP contribution >= 0.6 is 0 Å². The van der Waals surface area contributed by atoms with Gasteiger partial charge in [0.25, 0.3) is 5.91 Å². The summed E-state index contributed by atoms with van der Waals surface area (Å²) in [6.07, 6.45) is 2.41. The molecular formula is C17H20N4O4. The van der Waals surface area contributed by atoms with Crippen molar-refractivity contribution >= 4 is 11.9 Å². The van der Waals surface area contributed by atoms with E-state index in [0.29, 0.717) is 42.3 Å². The van der Waals surface area contributed by atoms with Gasteiger partial charge in [0.05, 0.1) is 33.6 Å². The van der Waals surface area contributed by atoms with Gasteiger partial charge >= 0.3 is 0 Å². The molecule has 1 amide bonds. The van der Waals surface area contributed by atoms with E-state index in [1.807, 2.05) is 0 Å². The van der Waals surface area contributed by atoms with Crippen LogP contribution in [0.4, 0.5) is 5.95 Å². The van der Waals surface area contributed by atoms with Crippen molar-refractivity contribution in [1.82, 2.24) is 14.9 Å². The van der Waals surface area contributed by atoms with Crippen molar-refractivity contribution in [3.63, 3.8) is 0 Å². The van der Waals surface area contributed by atoms with Crippen molar-refractivity contribution in [3.8, 4) is 17.2 Å². The molecule has 0 saturated carbocycles. The molecule has 1 aromatic heterocycles. The molecule has 3 rings (SSSR count). The smallest absolute Gasteiger partial charge is 0.254 e. The Morgan fingerprint density at radius 1 is 1.16 bits per heavy atom. The highest BCUT2D eigenvalue weighted by molar-refractivity contribution is 5.95. The molecule has 25 heavy (non-hydrogen) atoms. The fourth-order valence-electron chi connectivity index (χ4n) is 2.88. The first-order chi connectivity index (χ1) is 12.1. The van der Waals surface area contributed by atoms with Crippen molar-refractivity contribution in [2.24, 2.45) is 0 Å². The first-order valence-electron chi connectivity index (χ1n) is 7.77. The van der Waals surface area contributed by atoms with Gasteiger partial charge in [-0.25, -0.2) is 9.97 Å². The molecule has 1 aromatic carbocycles. The Kier molecular flexibility index (Phi) is 4.60. The summed E-state index contributed by atoms with van der Waals surface area (Å²) in [4.78, 5) is 22.9. The molecule has 0 radical (unpaired) electrons. The van der Waals surface area contributed by atoms with Crippen LogP contribution in [0.1, 0.15) is 21.6 Å². The van der Waals surface area contributed by atoms with Gasteiger partial charge < -0.3 is 24.8 Å². The van der Waals surface area contributed by atoms with Gasteiger partial charge in [0.1, 0.15) is 0 Å². The lowest BCUT2D eigenvalue weighted by Gasteiger charge is -2.28. The Balaban J connectivity index is 1.91. The minimum Gasteiger partial charge on any atom is -0.493 e. The number of nitrogens with two attached hydrogens (primary N) is 1. The molecule has 0 saturated heterocycles. The van der Waals surface area contributed by atoms with Crippen LogP contribution in [-0.4, -0.2) is 48.6 Å². The number of aromatic nitrogens is 2. The first kappa shape index (κ1) is 16.8. The summed E-state index contributed by atoms with van der Waals surface area (Å²) in [7, 11) is 4.55. The lowest BCUT2D eigenvalue weighted by atomic mass is 10.1. The summed E-state index contributed by atoms with van der Waals surface area (Å²) in [5, 5.41) is 0. The summed E-state index contributed by atoms with van der Waals surface area (Å²) in [5.41, 5.74) is 7.90. The minimum atomic E-state index is -0.137. The monoisotopic (exact) mass is 344 g/mol. The summed E-state index contributed by atoms with van der Waals surface area (Å²) in [6.45, 7) is 0.966. The maximum Gasteiger partial charge on any atom is 0.254 e. The number of carbonyl (C=O) groups is 1. The van der Waals surface area contributed by atoms with Crippen LogP contribution in [0.5, 0.6) is 17.2 Å². The molecule has 1 aliphatic heterocycles. The van der Waals surface area contributed by atoms with Gasteiger partial charge in [0, 0.05) is 18.3 Å². The lowest BCUT2D eigenvalue weighted by Crippen LogP contribution is -2.36. The molecule has 2 aromatic rings. The molecule has 0 unspecified atom stereocenters. The third-order valence-corrected chi connectivity index (χ3v) is 4.16. The van der Waals surface area contributed by atoms with E-state index < -0.39 is 0 Å². The van der Waals surface area contributed by atoms with Gasteiger partial charge in [-0.15, -0.1) is 0 Å². The van der Waals surface area contributed by atoms with Crippen LogP contribution in [0.15, 0.2) is 18.3 Å². The van der Waals surface area contributed by atoms with Crippen molar-refractivity contribution in [2.45, 2.75) is 13.0 Å². The number of hydrogen-bond acceptors (Lipinski definition) is 7. The number of carbonyl (C=O) groups excluding carboxylic acids is 1. The predicted octanol–water partition coefficient (Wildman–Crippen LogP) is 1.28. The molecule has 1 aliphatic rings. The zero-order chi connectivity index (χ0) is 18.0. The van der Waals surface area contributed by atoms with Crippen LogP contribution in [0.3, 0.4) is 0 Å². The number of methoxy groups -OCH3 is 3. The van der Waals surface area contributed by atoms with E-state index in [2.05, 4.69) is 9.97 Å². The van der Waals surface area contributed by atoms with Gasteiger partial charge in [0.2, 0.25) is 11.7 Å². The van der Waals surface area contributed by atoms with Crippen LogP contribution in [0.25, 0.3) is 0 Å². The minimum absolute atomic E-state index is 0.137. The third-order valence-electron chi connectivity index (χ3n) is 4.16. The number of nitrogens with zero attached hydrogens (tertiary/aromatic N) is 3. The van der Waals surface area contributed by atoms with Crippen LogP contribution in [0.2, 0.25) is 0 Å². The van der Waals surface area contributed by atoms with E-state index in [1.54, 1.807) is 23.2 Å². The second kappa shape index (κ2) is 6.84. The van der Waals surface area contributed by atoms with E-state index in [0.717, 1.165) is 11.3 Å². The molecule has 0 atom stereocenters. The second-order valence-electron chi connectivity index (χ2n) is 5.59. The molecule has 8 nitrogen and oxygen atoms in total. The Bertz CT molecular complexity index is 784. The SMILES string of the molecule is COc1cc(C(=O)N2CCc3cnc(N)nc3C2)cc(OC)c1OC. The van der Waals surface area contributed by atoms with Gasteiger partial charge in [-0.2, -0.15) is 0 Å². The van der Waals surface area contributed by atoms with Crippen molar-refractivity contribution in [1.29, 1.82) is 0 Å². The largest absolute Gasteiger partial charge is 0.493 e. The van der Waals surface area contributed by atoms with Gasteiger partial charge in [-0.1, -0.05) is 0 Å². The van der Waals surface area contributed by atoms with Crippen LogP contribution < -0.4 is 19.9 Å². The van der Waals surface area contributed by atoms with Crippen molar-refractivity contribution in [2.75, 3.05) is 33.6 Å². The van der Waals surface area contributed by atoms with E-state index in [4.69, 9.17) is 19.9 Å². The average Bonchev–Trinajstić information content (AvgIpc) is 2.65. The molecule has 132 valence electrons. The first-order valence-corrected chi connectivity index (χ1v) is 7.77. The summed E-state index contributed by atoms with van der Waals surface area (Å²) in [5.74, 6) is 1.40. The molecule has 0 spiro atoms. The van der Waals surface area contributed by atoms with E-state index in [1.165, 1.54) is 21.3 Å². The summed E-state index contributed by atoms with van der Waals surface area (Å²) >= 11 is 0. The average molecular weight is 344 g/mol. The molecule has 0 fully saturated rings. The molecule has 2 heterocycles. The highest BCUT2D eigenvalue weighted by Gasteiger charge is 2.25. The standard InChI is InChI=1S/C17H20N4O4/c1-23-13-6-11(7-14(24-2)15(13)25-3)16(22)21-5-4-10-8-19-17(18)20-12(10)9-21/h6-8H,4-5,9H2,1-3H3,(H2,18,19,20). The summed E-state index contributed by atoms with van der Waals surface area (Å²) in [6, 6.07) is 3.29. The number of anilines is 1. The number of nitrogen functional groups attached to an aromatic ring is 1. The fraction of sp³-hybridized carbons (Fsp3) is 0.353. The van der Waals surface area contributed by atoms with E-state index in [-0.39, 0.29) is 11.9 Å². The Labute approximate surface area is 145 Å². The Hall–Kier alpha value is -3.03. The quantitative estimate of drug-likeness (QED) is 0.892. The third kappa shape index (κ3) is 3.15. The number of amides is 1. The maximum absolute atomic E-state index is 12.9. The molecule has 2 N–H and O–H groups in total. The zero-order valence-electron chi connectivity index (χ0n) is 14.4. The maximum atomic E-state index is 12.9. The van der Waals surface area contributed by atoms with E-state index in [9.17, 15) is 4.79 Å². The number of fused-ring (bicyclic) bond motifs is 1.